The largest absolute Gasteiger partial charge is 0.335 e. The highest BCUT2D eigenvalue weighted by atomic mass is 32.2. The number of thiophene rings is 1. The normalized spacial score (nSPS) is 16.9. The third-order valence-corrected chi connectivity index (χ3v) is 6.88. The van der Waals surface area contributed by atoms with Crippen LogP contribution in [0.25, 0.3) is 10.2 Å². The molecule has 0 radical (unpaired) electrons. The maximum Gasteiger partial charge on any atom is 0.280 e. The van der Waals surface area contributed by atoms with Gasteiger partial charge in [0.25, 0.3) is 5.56 Å². The Morgan fingerprint density at radius 3 is 2.86 bits per heavy atom. The number of aromatic nitrogens is 2. The van der Waals surface area contributed by atoms with Crippen molar-refractivity contribution in [2.75, 3.05) is 5.84 Å². The van der Waals surface area contributed by atoms with Crippen LogP contribution in [0.2, 0.25) is 0 Å². The molecule has 22 heavy (non-hydrogen) atoms. The molecule has 0 saturated carbocycles. The molecule has 2 aromatic heterocycles. The standard InChI is InChI=1S/C16H23N3OS2/c1-4-5-6-7-12-18-14-13(15(20)19(12)17)10-8-16(2,3)21-9-11(10)22-14/h4-9,17H2,1-3H3. The van der Waals surface area contributed by atoms with Gasteiger partial charge in [-0.25, -0.2) is 9.66 Å². The van der Waals surface area contributed by atoms with E-state index in [2.05, 4.69) is 20.8 Å². The molecule has 2 N–H and O–H groups in total. The van der Waals surface area contributed by atoms with Crippen LogP contribution in [0.1, 0.15) is 56.3 Å². The van der Waals surface area contributed by atoms with Crippen LogP contribution in [-0.4, -0.2) is 14.4 Å². The zero-order valence-corrected chi connectivity index (χ0v) is 15.1. The van der Waals surface area contributed by atoms with Crippen molar-refractivity contribution in [1.82, 2.24) is 9.66 Å². The molecule has 0 saturated heterocycles. The predicted molar refractivity (Wildman–Crippen MR) is 96.3 cm³/mol. The van der Waals surface area contributed by atoms with Crippen LogP contribution < -0.4 is 11.4 Å². The van der Waals surface area contributed by atoms with Crippen LogP contribution in [-0.2, 0) is 18.6 Å². The van der Waals surface area contributed by atoms with E-state index in [4.69, 9.17) is 10.8 Å². The number of aryl methyl sites for hydroxylation is 1. The first-order valence-corrected chi connectivity index (χ1v) is 9.68. The van der Waals surface area contributed by atoms with Crippen LogP contribution in [0, 0.1) is 0 Å². The molecule has 0 atom stereocenters. The van der Waals surface area contributed by atoms with Crippen LogP contribution in [0.4, 0.5) is 0 Å². The second kappa shape index (κ2) is 5.89. The molecular formula is C16H23N3OS2. The van der Waals surface area contributed by atoms with Crippen molar-refractivity contribution in [3.8, 4) is 0 Å². The number of nitrogens with two attached hydrogens (primary N) is 1. The Hall–Kier alpha value is -1.01. The number of hydrogen-bond acceptors (Lipinski definition) is 5. The first-order valence-electron chi connectivity index (χ1n) is 7.88. The molecule has 2 aromatic rings. The minimum atomic E-state index is -0.0725. The fraction of sp³-hybridized carbons (Fsp3) is 0.625. The number of unbranched alkanes of at least 4 members (excludes halogenated alkanes) is 2. The summed E-state index contributed by atoms with van der Waals surface area (Å²) in [4.78, 5) is 19.6. The summed E-state index contributed by atoms with van der Waals surface area (Å²) in [6, 6.07) is 0. The molecule has 0 bridgehead atoms. The van der Waals surface area contributed by atoms with Crippen molar-refractivity contribution in [3.05, 3.63) is 26.6 Å². The van der Waals surface area contributed by atoms with Gasteiger partial charge in [-0.15, -0.1) is 23.1 Å². The number of rotatable bonds is 4. The van der Waals surface area contributed by atoms with E-state index < -0.39 is 0 Å². The highest BCUT2D eigenvalue weighted by Gasteiger charge is 2.30. The van der Waals surface area contributed by atoms with Gasteiger partial charge in [-0.2, -0.15) is 0 Å². The third-order valence-electron chi connectivity index (χ3n) is 4.21. The molecule has 3 rings (SSSR count). The zero-order valence-electron chi connectivity index (χ0n) is 13.4. The summed E-state index contributed by atoms with van der Waals surface area (Å²) in [6.07, 6.45) is 5.01. The Morgan fingerprint density at radius 1 is 1.36 bits per heavy atom. The summed E-state index contributed by atoms with van der Waals surface area (Å²) in [5, 5.41) is 0.759. The van der Waals surface area contributed by atoms with E-state index >= 15 is 0 Å². The number of thioether (sulfide) groups is 1. The molecule has 1 aliphatic heterocycles. The van der Waals surface area contributed by atoms with Crippen molar-refractivity contribution in [2.45, 2.75) is 63.4 Å². The summed E-state index contributed by atoms with van der Waals surface area (Å²) >= 11 is 3.63. The summed E-state index contributed by atoms with van der Waals surface area (Å²) in [5.41, 5.74) is 1.11. The highest BCUT2D eigenvalue weighted by Crippen LogP contribution is 2.43. The van der Waals surface area contributed by atoms with Gasteiger partial charge in [0, 0.05) is 21.8 Å². The summed E-state index contributed by atoms with van der Waals surface area (Å²) in [6.45, 7) is 6.63. The Labute approximate surface area is 139 Å². The molecule has 0 amide bonds. The van der Waals surface area contributed by atoms with Gasteiger partial charge in [0.15, 0.2) is 0 Å². The Morgan fingerprint density at radius 2 is 2.14 bits per heavy atom. The SMILES string of the molecule is CCCCCc1nc2sc3c(c2c(=O)n1N)CC(C)(C)SC3. The Kier molecular flexibility index (Phi) is 4.25. The van der Waals surface area contributed by atoms with E-state index in [1.54, 1.807) is 11.3 Å². The van der Waals surface area contributed by atoms with E-state index in [9.17, 15) is 4.79 Å². The van der Waals surface area contributed by atoms with Crippen LogP contribution >= 0.6 is 23.1 Å². The fourth-order valence-corrected chi connectivity index (χ4v) is 5.31. The molecule has 0 spiro atoms. The van der Waals surface area contributed by atoms with Gasteiger partial charge in [0.2, 0.25) is 0 Å². The molecule has 3 heterocycles. The van der Waals surface area contributed by atoms with Gasteiger partial charge >= 0.3 is 0 Å². The Bertz CT molecular complexity index is 761. The van der Waals surface area contributed by atoms with Crippen molar-refractivity contribution in [2.24, 2.45) is 0 Å². The second-order valence-corrected chi connectivity index (χ2v) is 9.34. The van der Waals surface area contributed by atoms with Crippen molar-refractivity contribution in [3.63, 3.8) is 0 Å². The summed E-state index contributed by atoms with van der Waals surface area (Å²) < 4.78 is 1.45. The van der Waals surface area contributed by atoms with Gasteiger partial charge in [-0.05, 0) is 18.4 Å². The van der Waals surface area contributed by atoms with Gasteiger partial charge < -0.3 is 5.84 Å². The van der Waals surface area contributed by atoms with Crippen molar-refractivity contribution < 1.29 is 0 Å². The maximum absolute atomic E-state index is 12.7. The smallest absolute Gasteiger partial charge is 0.280 e. The van der Waals surface area contributed by atoms with E-state index in [-0.39, 0.29) is 10.3 Å². The van der Waals surface area contributed by atoms with Crippen molar-refractivity contribution in [1.29, 1.82) is 0 Å². The molecule has 1 aliphatic rings. The lowest BCUT2D eigenvalue weighted by molar-refractivity contribution is 0.667. The lowest BCUT2D eigenvalue weighted by Crippen LogP contribution is -2.32. The van der Waals surface area contributed by atoms with Crippen LogP contribution in [0.5, 0.6) is 0 Å². The van der Waals surface area contributed by atoms with E-state index in [1.807, 2.05) is 11.8 Å². The maximum atomic E-state index is 12.7. The van der Waals surface area contributed by atoms with Gasteiger partial charge in [0.05, 0.1) is 5.39 Å². The highest BCUT2D eigenvalue weighted by molar-refractivity contribution is 8.00. The first kappa shape index (κ1) is 15.9. The minimum absolute atomic E-state index is 0.0725. The summed E-state index contributed by atoms with van der Waals surface area (Å²) in [5.74, 6) is 7.72. The van der Waals surface area contributed by atoms with E-state index in [1.165, 1.54) is 15.1 Å². The molecule has 0 aromatic carbocycles. The lowest BCUT2D eigenvalue weighted by Gasteiger charge is -2.28. The summed E-state index contributed by atoms with van der Waals surface area (Å²) in [7, 11) is 0. The number of nitrogens with zero attached hydrogens (tertiary/aromatic N) is 2. The predicted octanol–water partition coefficient (Wildman–Crippen LogP) is 3.47. The average Bonchev–Trinajstić information content (AvgIpc) is 2.80. The molecular weight excluding hydrogens is 314 g/mol. The molecule has 6 heteroatoms. The molecule has 0 aliphatic carbocycles. The van der Waals surface area contributed by atoms with E-state index in [0.29, 0.717) is 0 Å². The van der Waals surface area contributed by atoms with Gasteiger partial charge in [0.1, 0.15) is 10.7 Å². The number of nitrogen functional groups attached to an aromatic ring is 1. The zero-order chi connectivity index (χ0) is 15.9. The lowest BCUT2D eigenvalue weighted by atomic mass is 10.00. The Balaban J connectivity index is 2.08. The number of hydrogen-bond donors (Lipinski definition) is 1. The van der Waals surface area contributed by atoms with Crippen LogP contribution in [0.15, 0.2) is 4.79 Å². The topological polar surface area (TPSA) is 60.9 Å². The molecule has 120 valence electrons. The van der Waals surface area contributed by atoms with E-state index in [0.717, 1.165) is 53.9 Å². The molecule has 0 fully saturated rings. The number of fused-ring (bicyclic) bond motifs is 3. The van der Waals surface area contributed by atoms with Crippen molar-refractivity contribution >= 4 is 33.3 Å². The van der Waals surface area contributed by atoms with Gasteiger partial charge in [-0.3, -0.25) is 4.79 Å². The fourth-order valence-electron chi connectivity index (χ4n) is 2.96. The average molecular weight is 338 g/mol. The molecule has 4 nitrogen and oxygen atoms in total. The third kappa shape index (κ3) is 2.78. The van der Waals surface area contributed by atoms with Crippen LogP contribution in [0.3, 0.4) is 0 Å². The quantitative estimate of drug-likeness (QED) is 0.685. The molecule has 0 unspecified atom stereocenters. The van der Waals surface area contributed by atoms with Gasteiger partial charge in [-0.1, -0.05) is 33.6 Å². The minimum Gasteiger partial charge on any atom is -0.335 e. The first-order chi connectivity index (χ1) is 10.4. The monoisotopic (exact) mass is 337 g/mol. The second-order valence-electron chi connectivity index (χ2n) is 6.57.